The third-order valence-corrected chi connectivity index (χ3v) is 6.30. The summed E-state index contributed by atoms with van der Waals surface area (Å²) in [4.78, 5) is 18.1. The summed E-state index contributed by atoms with van der Waals surface area (Å²) in [5, 5.41) is 4.48. The van der Waals surface area contributed by atoms with E-state index in [1.54, 1.807) is 10.7 Å². The molecular formula is C25H38N8O. The Labute approximate surface area is 205 Å². The Bertz CT molecular complexity index is 1160. The lowest BCUT2D eigenvalue weighted by molar-refractivity contribution is 0.189. The number of aryl methyl sites for hydroxylation is 1. The molecule has 4 heterocycles. The van der Waals surface area contributed by atoms with Crippen LogP contribution in [0, 0.1) is 12.8 Å². The maximum absolute atomic E-state index is 7.74. The number of pyridine rings is 1. The van der Waals surface area contributed by atoms with Gasteiger partial charge in [0.2, 0.25) is 0 Å². The van der Waals surface area contributed by atoms with Crippen molar-refractivity contribution >= 4 is 17.3 Å². The average Bonchev–Trinajstić information content (AvgIpc) is 3.22. The molecule has 1 aliphatic heterocycles. The Kier molecular flexibility index (Phi) is 6.70. The summed E-state index contributed by atoms with van der Waals surface area (Å²) in [5.74, 6) is 2.01. The molecule has 1 aliphatic rings. The third-order valence-electron chi connectivity index (χ3n) is 6.30. The maximum Gasteiger partial charge on any atom is 0.336 e. The van der Waals surface area contributed by atoms with Gasteiger partial charge >= 0.3 is 6.01 Å². The largest absolute Gasteiger partial charge is 0.459 e. The van der Waals surface area contributed by atoms with Crippen LogP contribution in [0.2, 0.25) is 0 Å². The molecule has 0 amide bonds. The standard InChI is InChI=1S/C25H38N8O/c1-6-7-18(3)34-25-29-22(26)24-28-15-21(33(24)30-25)13-20-12-17(2)23(27-14-20)32-10-8-19(9-11-32)16-31(4)5/h12,14-15,18-19H,6-11,13,16H2,1-5H3,(H2,26,29,30)/t18-/m0/s1/i3D2. The second-order valence-corrected chi connectivity index (χ2v) is 9.56. The lowest BCUT2D eigenvalue weighted by atomic mass is 9.96. The molecule has 184 valence electrons. The summed E-state index contributed by atoms with van der Waals surface area (Å²) in [6.45, 7) is 6.18. The summed E-state index contributed by atoms with van der Waals surface area (Å²) in [6.07, 6.45) is 7.37. The van der Waals surface area contributed by atoms with Gasteiger partial charge in [-0.15, -0.1) is 5.10 Å². The predicted octanol–water partition coefficient (Wildman–Crippen LogP) is 3.35. The number of nitrogens with zero attached hydrogens (tertiary/aromatic N) is 7. The van der Waals surface area contributed by atoms with Gasteiger partial charge in [0.1, 0.15) is 5.82 Å². The Morgan fingerprint density at radius 3 is 2.74 bits per heavy atom. The van der Waals surface area contributed by atoms with Crippen LogP contribution < -0.4 is 15.4 Å². The number of rotatable bonds is 9. The second kappa shape index (κ2) is 10.5. The number of anilines is 2. The predicted molar refractivity (Wildman–Crippen MR) is 135 cm³/mol. The molecule has 1 saturated heterocycles. The topological polar surface area (TPSA) is 97.7 Å². The zero-order valence-corrected chi connectivity index (χ0v) is 20.7. The van der Waals surface area contributed by atoms with Gasteiger partial charge in [-0.25, -0.2) is 14.5 Å². The maximum atomic E-state index is 7.74. The fourth-order valence-electron chi connectivity index (χ4n) is 4.68. The van der Waals surface area contributed by atoms with Crippen molar-refractivity contribution in [1.29, 1.82) is 0 Å². The fraction of sp³-hybridized carbons (Fsp3) is 0.600. The molecule has 9 nitrogen and oxygen atoms in total. The summed E-state index contributed by atoms with van der Waals surface area (Å²) < 4.78 is 22.9. The quantitative estimate of drug-likeness (QED) is 0.511. The normalized spacial score (nSPS) is 16.8. The van der Waals surface area contributed by atoms with E-state index in [4.69, 9.17) is 18.2 Å². The molecule has 1 fully saturated rings. The molecule has 3 aromatic heterocycles. The number of imidazole rings is 1. The van der Waals surface area contributed by atoms with Crippen molar-refractivity contribution in [3.63, 3.8) is 0 Å². The minimum absolute atomic E-state index is 0.0597. The van der Waals surface area contributed by atoms with Crippen molar-refractivity contribution in [3.8, 4) is 6.01 Å². The highest BCUT2D eigenvalue weighted by Crippen LogP contribution is 2.26. The Balaban J connectivity index is 1.49. The van der Waals surface area contributed by atoms with E-state index in [0.717, 1.165) is 54.6 Å². The first-order chi connectivity index (χ1) is 17.2. The second-order valence-electron chi connectivity index (χ2n) is 9.56. The van der Waals surface area contributed by atoms with Gasteiger partial charge in [0.25, 0.3) is 0 Å². The molecule has 2 N–H and O–H groups in total. The Morgan fingerprint density at radius 1 is 1.26 bits per heavy atom. The van der Waals surface area contributed by atoms with Crippen LogP contribution in [0.5, 0.6) is 6.01 Å². The summed E-state index contributed by atoms with van der Waals surface area (Å²) in [6, 6.07) is 2.24. The third kappa shape index (κ3) is 5.58. The zero-order valence-electron chi connectivity index (χ0n) is 22.7. The van der Waals surface area contributed by atoms with E-state index < -0.39 is 13.0 Å². The SMILES string of the molecule is [2H]C([2H])[C@@H](CCC)Oc1nc(N)c2ncc(Cc3cnc(N4CCC(CN(C)C)CC4)c(C)c3)n2n1. The van der Waals surface area contributed by atoms with E-state index in [-0.39, 0.29) is 11.8 Å². The Morgan fingerprint density at radius 2 is 2.06 bits per heavy atom. The molecule has 0 spiro atoms. The number of hydrogen-bond acceptors (Lipinski definition) is 8. The van der Waals surface area contributed by atoms with E-state index in [1.807, 2.05) is 13.1 Å². The lowest BCUT2D eigenvalue weighted by Crippen LogP contribution is -2.37. The van der Waals surface area contributed by atoms with Crippen LogP contribution in [-0.2, 0) is 6.42 Å². The smallest absolute Gasteiger partial charge is 0.336 e. The van der Waals surface area contributed by atoms with Gasteiger partial charge < -0.3 is 20.3 Å². The van der Waals surface area contributed by atoms with Crippen LogP contribution in [0.4, 0.5) is 11.6 Å². The van der Waals surface area contributed by atoms with Crippen molar-refractivity contribution in [2.75, 3.05) is 44.4 Å². The minimum atomic E-state index is -1.14. The molecular weight excluding hydrogens is 428 g/mol. The number of hydrogen-bond donors (Lipinski definition) is 1. The number of piperidine rings is 1. The van der Waals surface area contributed by atoms with Crippen molar-refractivity contribution < 1.29 is 7.48 Å². The Hall–Kier alpha value is -2.94. The van der Waals surface area contributed by atoms with E-state index in [2.05, 4.69) is 52.0 Å². The molecule has 0 aliphatic carbocycles. The lowest BCUT2D eigenvalue weighted by Gasteiger charge is -2.34. The van der Waals surface area contributed by atoms with Crippen LogP contribution in [-0.4, -0.2) is 69.3 Å². The van der Waals surface area contributed by atoms with E-state index >= 15 is 0 Å². The number of aromatic nitrogens is 5. The number of nitrogens with two attached hydrogens (primary N) is 1. The van der Waals surface area contributed by atoms with Gasteiger partial charge in [0, 0.05) is 35.0 Å². The molecule has 34 heavy (non-hydrogen) atoms. The van der Waals surface area contributed by atoms with Crippen LogP contribution in [0.3, 0.4) is 0 Å². The summed E-state index contributed by atoms with van der Waals surface area (Å²) >= 11 is 0. The first kappa shape index (κ1) is 21.6. The highest BCUT2D eigenvalue weighted by Gasteiger charge is 2.22. The zero-order chi connectivity index (χ0) is 25.8. The average molecular weight is 469 g/mol. The summed E-state index contributed by atoms with van der Waals surface area (Å²) in [7, 11) is 4.28. The van der Waals surface area contributed by atoms with Gasteiger partial charge in [-0.3, -0.25) is 0 Å². The summed E-state index contributed by atoms with van der Waals surface area (Å²) in [5.41, 5.74) is 9.63. The first-order valence-electron chi connectivity index (χ1n) is 13.3. The van der Waals surface area contributed by atoms with Crippen molar-refractivity contribution in [1.82, 2.24) is 29.5 Å². The van der Waals surface area contributed by atoms with Crippen LogP contribution in [0.1, 0.15) is 59.0 Å². The molecule has 0 radical (unpaired) electrons. The molecule has 0 saturated carbocycles. The highest BCUT2D eigenvalue weighted by atomic mass is 16.5. The number of fused-ring (bicyclic) bond motifs is 1. The van der Waals surface area contributed by atoms with Gasteiger partial charge in [-0.1, -0.05) is 19.4 Å². The monoisotopic (exact) mass is 468 g/mol. The van der Waals surface area contributed by atoms with Gasteiger partial charge in [0.15, 0.2) is 11.5 Å². The van der Waals surface area contributed by atoms with E-state index in [0.29, 0.717) is 18.5 Å². The highest BCUT2D eigenvalue weighted by molar-refractivity contribution is 5.60. The van der Waals surface area contributed by atoms with Crippen molar-refractivity contribution in [2.45, 2.75) is 58.9 Å². The van der Waals surface area contributed by atoms with E-state index in [9.17, 15) is 0 Å². The molecule has 1 atom stereocenters. The van der Waals surface area contributed by atoms with Gasteiger partial charge in [0.05, 0.1) is 18.0 Å². The van der Waals surface area contributed by atoms with Crippen LogP contribution in [0.25, 0.3) is 5.65 Å². The fourth-order valence-corrected chi connectivity index (χ4v) is 4.68. The van der Waals surface area contributed by atoms with Gasteiger partial charge in [-0.05, 0) is 64.2 Å². The molecule has 0 bridgehead atoms. The van der Waals surface area contributed by atoms with E-state index in [1.165, 1.54) is 12.8 Å². The van der Waals surface area contributed by atoms with Gasteiger partial charge in [-0.2, -0.15) is 4.98 Å². The molecule has 0 unspecified atom stereocenters. The molecule has 3 aromatic rings. The minimum Gasteiger partial charge on any atom is -0.459 e. The van der Waals surface area contributed by atoms with Crippen LogP contribution in [0.15, 0.2) is 18.5 Å². The molecule has 9 heteroatoms. The van der Waals surface area contributed by atoms with Crippen LogP contribution >= 0.6 is 0 Å². The number of nitrogen functional groups attached to an aromatic ring is 1. The number of ether oxygens (including phenoxy) is 1. The first-order valence-corrected chi connectivity index (χ1v) is 12.1. The van der Waals surface area contributed by atoms with Crippen molar-refractivity contribution in [2.24, 2.45) is 5.92 Å². The van der Waals surface area contributed by atoms with Crippen molar-refractivity contribution in [3.05, 3.63) is 35.3 Å². The molecule has 4 rings (SSSR count). The molecule has 0 aromatic carbocycles.